The van der Waals surface area contributed by atoms with Crippen LogP contribution in [0.3, 0.4) is 0 Å². The molecule has 2 aromatic rings. The van der Waals surface area contributed by atoms with E-state index in [0.29, 0.717) is 10.7 Å². The van der Waals surface area contributed by atoms with Crippen molar-refractivity contribution >= 4 is 28.9 Å². The molecule has 2 N–H and O–H groups in total. The van der Waals surface area contributed by atoms with Gasteiger partial charge >= 0.3 is 0 Å². The van der Waals surface area contributed by atoms with Gasteiger partial charge in [0.05, 0.1) is 5.41 Å². The van der Waals surface area contributed by atoms with Gasteiger partial charge in [0.1, 0.15) is 0 Å². The van der Waals surface area contributed by atoms with Crippen molar-refractivity contribution in [1.29, 1.82) is 0 Å². The lowest BCUT2D eigenvalue weighted by atomic mass is 9.86. The maximum atomic E-state index is 14.5. The molecule has 0 aliphatic heterocycles. The topological polar surface area (TPSA) is 26.0 Å². The van der Waals surface area contributed by atoms with Crippen molar-refractivity contribution in [2.75, 3.05) is 5.73 Å². The van der Waals surface area contributed by atoms with Crippen LogP contribution in [0.4, 0.5) is 10.1 Å². The minimum atomic E-state index is -1.76. The van der Waals surface area contributed by atoms with Gasteiger partial charge in [0.25, 0.3) is 0 Å². The monoisotopic (exact) mass is 309 g/mol. The van der Waals surface area contributed by atoms with Gasteiger partial charge in [-0.25, -0.2) is 4.39 Å². The van der Waals surface area contributed by atoms with Gasteiger partial charge in [-0.3, -0.25) is 0 Å². The van der Waals surface area contributed by atoms with Gasteiger partial charge in [-0.05, 0) is 41.8 Å². The van der Waals surface area contributed by atoms with E-state index in [-0.39, 0.29) is 6.42 Å². The van der Waals surface area contributed by atoms with E-state index in [2.05, 4.69) is 0 Å². The number of anilines is 1. The normalized spacial score (nSPS) is 28.4. The molecule has 0 heterocycles. The Hall–Kier alpha value is -1.25. The summed E-state index contributed by atoms with van der Waals surface area (Å²) in [7, 11) is 0. The lowest BCUT2D eigenvalue weighted by molar-refractivity contribution is 0.391. The first-order valence-electron chi connectivity index (χ1n) is 6.37. The predicted octanol–water partition coefficient (Wildman–Crippen LogP) is 4.83. The summed E-state index contributed by atoms with van der Waals surface area (Å²) in [5.41, 5.74) is 8.33. The molecule has 0 saturated heterocycles. The molecule has 1 nitrogen and oxygen atoms in total. The first kappa shape index (κ1) is 13.7. The summed E-state index contributed by atoms with van der Waals surface area (Å²) in [6.07, 6.45) is 0.256. The molecule has 104 valence electrons. The molecule has 1 aliphatic rings. The summed E-state index contributed by atoms with van der Waals surface area (Å²) in [4.78, 5) is 0. The minimum absolute atomic E-state index is 0.256. The van der Waals surface area contributed by atoms with Crippen LogP contribution in [0.5, 0.6) is 0 Å². The highest BCUT2D eigenvalue weighted by atomic mass is 35.5. The number of hydrogen-bond acceptors (Lipinski definition) is 1. The van der Waals surface area contributed by atoms with Crippen molar-refractivity contribution in [3.05, 3.63) is 64.2 Å². The SMILES string of the molecule is Cc1cc(C2(c3ccc(Cl)cc3)CC2(F)Cl)ccc1N. The van der Waals surface area contributed by atoms with Crippen molar-refractivity contribution < 1.29 is 4.39 Å². The largest absolute Gasteiger partial charge is 0.399 e. The molecule has 4 heteroatoms. The molecule has 0 bridgehead atoms. The number of benzene rings is 2. The van der Waals surface area contributed by atoms with Gasteiger partial charge in [-0.2, -0.15) is 0 Å². The van der Waals surface area contributed by atoms with Gasteiger partial charge < -0.3 is 5.73 Å². The summed E-state index contributed by atoms with van der Waals surface area (Å²) in [5, 5.41) is -1.14. The molecule has 1 saturated carbocycles. The third kappa shape index (κ3) is 1.90. The number of alkyl halides is 2. The fourth-order valence-electron chi connectivity index (χ4n) is 2.76. The summed E-state index contributed by atoms with van der Waals surface area (Å²) in [5.74, 6) is 0. The van der Waals surface area contributed by atoms with Gasteiger partial charge in [0.15, 0.2) is 5.13 Å². The molecule has 2 atom stereocenters. The van der Waals surface area contributed by atoms with Crippen LogP contribution in [-0.4, -0.2) is 5.13 Å². The first-order valence-corrected chi connectivity index (χ1v) is 7.13. The van der Waals surface area contributed by atoms with E-state index in [4.69, 9.17) is 28.9 Å². The van der Waals surface area contributed by atoms with E-state index in [9.17, 15) is 4.39 Å². The minimum Gasteiger partial charge on any atom is -0.399 e. The van der Waals surface area contributed by atoms with Gasteiger partial charge in [-0.15, -0.1) is 0 Å². The second kappa shape index (κ2) is 4.37. The first-order chi connectivity index (χ1) is 9.37. The highest BCUT2D eigenvalue weighted by Gasteiger charge is 2.70. The van der Waals surface area contributed by atoms with E-state index < -0.39 is 10.5 Å². The van der Waals surface area contributed by atoms with Crippen molar-refractivity contribution in [1.82, 2.24) is 0 Å². The number of halogens is 3. The fraction of sp³-hybridized carbons (Fsp3) is 0.250. The number of nitrogen functional groups attached to an aromatic ring is 1. The number of aryl methyl sites for hydroxylation is 1. The van der Waals surface area contributed by atoms with Gasteiger partial charge in [0, 0.05) is 17.1 Å². The Morgan fingerprint density at radius 1 is 1.10 bits per heavy atom. The second-order valence-electron chi connectivity index (χ2n) is 5.36. The summed E-state index contributed by atoms with van der Waals surface area (Å²) in [6.45, 7) is 1.91. The Bertz CT molecular complexity index is 667. The molecule has 1 aliphatic carbocycles. The Morgan fingerprint density at radius 2 is 1.65 bits per heavy atom. The lowest BCUT2D eigenvalue weighted by Gasteiger charge is -2.20. The molecule has 2 unspecified atom stereocenters. The zero-order chi connectivity index (χ0) is 14.5. The van der Waals surface area contributed by atoms with E-state index >= 15 is 0 Å². The summed E-state index contributed by atoms with van der Waals surface area (Å²) in [6, 6.07) is 12.7. The fourth-order valence-corrected chi connectivity index (χ4v) is 3.30. The zero-order valence-electron chi connectivity index (χ0n) is 11.0. The van der Waals surface area contributed by atoms with E-state index in [1.54, 1.807) is 18.2 Å². The molecule has 20 heavy (non-hydrogen) atoms. The zero-order valence-corrected chi connectivity index (χ0v) is 12.5. The molecular formula is C16H14Cl2FN. The third-order valence-electron chi connectivity index (χ3n) is 4.09. The molecule has 1 fully saturated rings. The van der Waals surface area contributed by atoms with Crippen molar-refractivity contribution in [3.63, 3.8) is 0 Å². The van der Waals surface area contributed by atoms with E-state index in [1.807, 2.05) is 31.2 Å². The predicted molar refractivity (Wildman–Crippen MR) is 82.1 cm³/mol. The molecule has 3 rings (SSSR count). The van der Waals surface area contributed by atoms with Gasteiger partial charge in [-0.1, -0.05) is 47.5 Å². The average molecular weight is 310 g/mol. The molecule has 2 aromatic carbocycles. The quantitative estimate of drug-likeness (QED) is 0.624. The molecule has 0 spiro atoms. The number of nitrogens with two attached hydrogens (primary N) is 1. The van der Waals surface area contributed by atoms with Crippen LogP contribution in [0.1, 0.15) is 23.1 Å². The van der Waals surface area contributed by atoms with Crippen LogP contribution in [-0.2, 0) is 5.41 Å². The van der Waals surface area contributed by atoms with Crippen LogP contribution >= 0.6 is 23.2 Å². The molecule has 0 amide bonds. The Labute approximate surface area is 127 Å². The van der Waals surface area contributed by atoms with Crippen LogP contribution in [0.25, 0.3) is 0 Å². The lowest BCUT2D eigenvalue weighted by Crippen LogP contribution is -2.17. The molecule has 0 radical (unpaired) electrons. The van der Waals surface area contributed by atoms with Crippen LogP contribution in [0, 0.1) is 6.92 Å². The maximum absolute atomic E-state index is 14.5. The highest BCUT2D eigenvalue weighted by Crippen LogP contribution is 2.66. The van der Waals surface area contributed by atoms with Gasteiger partial charge in [0.2, 0.25) is 0 Å². The second-order valence-corrected chi connectivity index (χ2v) is 6.40. The highest BCUT2D eigenvalue weighted by molar-refractivity contribution is 6.30. The van der Waals surface area contributed by atoms with Crippen molar-refractivity contribution in [2.45, 2.75) is 23.9 Å². The van der Waals surface area contributed by atoms with E-state index in [1.165, 1.54) is 0 Å². The Morgan fingerprint density at radius 3 is 2.15 bits per heavy atom. The number of rotatable bonds is 2. The number of hydrogen-bond donors (Lipinski definition) is 1. The van der Waals surface area contributed by atoms with Crippen molar-refractivity contribution in [2.24, 2.45) is 0 Å². The summed E-state index contributed by atoms with van der Waals surface area (Å²) >= 11 is 11.9. The third-order valence-corrected chi connectivity index (χ3v) is 4.79. The molecule has 0 aromatic heterocycles. The summed E-state index contributed by atoms with van der Waals surface area (Å²) < 4.78 is 14.5. The molecular weight excluding hydrogens is 296 g/mol. The maximum Gasteiger partial charge on any atom is 0.198 e. The van der Waals surface area contributed by atoms with Crippen molar-refractivity contribution in [3.8, 4) is 0 Å². The van der Waals surface area contributed by atoms with E-state index in [0.717, 1.165) is 16.7 Å². The van der Waals surface area contributed by atoms with Crippen LogP contribution in [0.2, 0.25) is 5.02 Å². The van der Waals surface area contributed by atoms with Crippen LogP contribution in [0.15, 0.2) is 42.5 Å². The Balaban J connectivity index is 2.14. The standard InChI is InChI=1S/C16H14Cl2FN/c1-10-8-12(4-7-14(10)20)15(9-16(15,18)19)11-2-5-13(17)6-3-11/h2-8H,9,20H2,1H3. The van der Waals surface area contributed by atoms with Crippen LogP contribution < -0.4 is 5.73 Å². The average Bonchev–Trinajstić information content (AvgIpc) is 2.98. The Kier molecular flexibility index (Phi) is 3.00. The smallest absolute Gasteiger partial charge is 0.198 e.